The van der Waals surface area contributed by atoms with Crippen LogP contribution in [0.2, 0.25) is 0 Å². The largest absolute Gasteiger partial charge is 0.364 e. The Kier molecular flexibility index (Phi) is 3.41. The summed E-state index contributed by atoms with van der Waals surface area (Å²) in [5.41, 5.74) is 4.31. The SMILES string of the molecule is CC.Cc1nocc1-c1ccc2c(C)[nH]nc2n1. The van der Waals surface area contributed by atoms with E-state index in [1.807, 2.05) is 39.8 Å². The van der Waals surface area contributed by atoms with Crippen molar-refractivity contribution in [1.82, 2.24) is 20.3 Å². The molecule has 3 rings (SSSR count). The highest BCUT2D eigenvalue weighted by Crippen LogP contribution is 2.23. The lowest BCUT2D eigenvalue weighted by Gasteiger charge is -1.96. The lowest BCUT2D eigenvalue weighted by atomic mass is 10.1. The Hall–Kier alpha value is -2.17. The van der Waals surface area contributed by atoms with Crippen molar-refractivity contribution in [3.63, 3.8) is 0 Å². The Morgan fingerprint density at radius 2 is 1.94 bits per heavy atom. The second-order valence-corrected chi connectivity index (χ2v) is 3.73. The van der Waals surface area contributed by atoms with Gasteiger partial charge in [0, 0.05) is 11.1 Å². The summed E-state index contributed by atoms with van der Waals surface area (Å²) in [6.07, 6.45) is 1.60. The number of hydrogen-bond donors (Lipinski definition) is 1. The van der Waals surface area contributed by atoms with Crippen molar-refractivity contribution in [3.05, 3.63) is 29.8 Å². The third-order valence-corrected chi connectivity index (χ3v) is 2.63. The number of aromatic nitrogens is 4. The van der Waals surface area contributed by atoms with Crippen LogP contribution in [-0.2, 0) is 0 Å². The first-order valence-corrected chi connectivity index (χ1v) is 5.99. The molecule has 0 aliphatic heterocycles. The van der Waals surface area contributed by atoms with Gasteiger partial charge in [-0.1, -0.05) is 19.0 Å². The van der Waals surface area contributed by atoms with Crippen LogP contribution in [0.5, 0.6) is 0 Å². The Morgan fingerprint density at radius 3 is 2.61 bits per heavy atom. The molecule has 3 aromatic rings. The molecule has 0 saturated heterocycles. The molecule has 1 N–H and O–H groups in total. The molecule has 0 aliphatic carbocycles. The van der Waals surface area contributed by atoms with Crippen LogP contribution in [0.4, 0.5) is 0 Å². The van der Waals surface area contributed by atoms with Crippen molar-refractivity contribution in [2.45, 2.75) is 27.7 Å². The number of nitrogens with one attached hydrogen (secondary N) is 1. The lowest BCUT2D eigenvalue weighted by Crippen LogP contribution is -1.85. The van der Waals surface area contributed by atoms with Gasteiger partial charge in [-0.05, 0) is 26.0 Å². The maximum absolute atomic E-state index is 4.90. The molecule has 0 fully saturated rings. The van der Waals surface area contributed by atoms with Crippen molar-refractivity contribution in [2.24, 2.45) is 0 Å². The van der Waals surface area contributed by atoms with E-state index in [9.17, 15) is 0 Å². The van der Waals surface area contributed by atoms with Crippen LogP contribution >= 0.6 is 0 Å². The predicted molar refractivity (Wildman–Crippen MR) is 70.2 cm³/mol. The molecule has 0 unspecified atom stereocenters. The molecule has 94 valence electrons. The summed E-state index contributed by atoms with van der Waals surface area (Å²) in [6.45, 7) is 7.86. The second-order valence-electron chi connectivity index (χ2n) is 3.73. The van der Waals surface area contributed by atoms with E-state index in [0.29, 0.717) is 0 Å². The number of pyridine rings is 1. The highest BCUT2D eigenvalue weighted by Gasteiger charge is 2.09. The first-order chi connectivity index (χ1) is 8.75. The van der Waals surface area contributed by atoms with Crippen LogP contribution in [0.15, 0.2) is 22.9 Å². The van der Waals surface area contributed by atoms with Gasteiger partial charge in [0.25, 0.3) is 0 Å². The standard InChI is InChI=1S/C11H10N4O.C2H6/c1-6-8-3-4-10(12-11(8)14-13-6)9-5-16-15-7(9)2;1-2/h3-5H,1-2H3,(H,12,13,14);1-2H3. The van der Waals surface area contributed by atoms with Crippen LogP contribution in [0, 0.1) is 13.8 Å². The van der Waals surface area contributed by atoms with Gasteiger partial charge in [-0.15, -0.1) is 0 Å². The van der Waals surface area contributed by atoms with Gasteiger partial charge in [0.15, 0.2) is 5.65 Å². The van der Waals surface area contributed by atoms with Crippen molar-refractivity contribution in [1.29, 1.82) is 0 Å². The minimum atomic E-state index is 0.718. The van der Waals surface area contributed by atoms with Crippen LogP contribution in [0.1, 0.15) is 25.2 Å². The first kappa shape index (κ1) is 12.3. The van der Waals surface area contributed by atoms with Gasteiger partial charge in [0.1, 0.15) is 6.26 Å². The summed E-state index contributed by atoms with van der Waals surface area (Å²) >= 11 is 0. The third kappa shape index (κ3) is 1.99. The van der Waals surface area contributed by atoms with Crippen molar-refractivity contribution in [3.8, 4) is 11.3 Å². The number of hydrogen-bond acceptors (Lipinski definition) is 4. The molecule has 0 atom stereocenters. The van der Waals surface area contributed by atoms with Crippen molar-refractivity contribution < 1.29 is 4.52 Å². The molecular weight excluding hydrogens is 228 g/mol. The minimum absolute atomic E-state index is 0.718. The molecule has 0 aliphatic rings. The number of H-pyrrole nitrogens is 1. The quantitative estimate of drug-likeness (QED) is 0.713. The van der Waals surface area contributed by atoms with E-state index >= 15 is 0 Å². The first-order valence-electron chi connectivity index (χ1n) is 5.99. The molecule has 0 radical (unpaired) electrons. The van der Waals surface area contributed by atoms with Crippen LogP contribution < -0.4 is 0 Å². The smallest absolute Gasteiger partial charge is 0.181 e. The van der Waals surface area contributed by atoms with E-state index in [1.165, 1.54) is 0 Å². The van der Waals surface area contributed by atoms with Crippen LogP contribution in [0.25, 0.3) is 22.3 Å². The summed E-state index contributed by atoms with van der Waals surface area (Å²) in [7, 11) is 0. The number of nitrogens with zero attached hydrogens (tertiary/aromatic N) is 3. The fourth-order valence-corrected chi connectivity index (χ4v) is 1.71. The van der Waals surface area contributed by atoms with Gasteiger partial charge in [0.05, 0.1) is 17.0 Å². The van der Waals surface area contributed by atoms with E-state index in [2.05, 4.69) is 20.3 Å². The predicted octanol–water partition coefficient (Wildman–Crippen LogP) is 3.26. The summed E-state index contributed by atoms with van der Waals surface area (Å²) in [5.74, 6) is 0. The molecule has 5 nitrogen and oxygen atoms in total. The molecule has 3 heterocycles. The Balaban J connectivity index is 0.000000574. The van der Waals surface area contributed by atoms with Crippen LogP contribution in [-0.4, -0.2) is 20.3 Å². The lowest BCUT2D eigenvalue weighted by molar-refractivity contribution is 0.415. The number of fused-ring (bicyclic) bond motifs is 1. The average molecular weight is 244 g/mol. The molecule has 3 aromatic heterocycles. The fourth-order valence-electron chi connectivity index (χ4n) is 1.71. The van der Waals surface area contributed by atoms with Crippen molar-refractivity contribution in [2.75, 3.05) is 0 Å². The zero-order valence-electron chi connectivity index (χ0n) is 11.0. The molecule has 0 amide bonds. The van der Waals surface area contributed by atoms with Gasteiger partial charge in [-0.2, -0.15) is 5.10 Å². The summed E-state index contributed by atoms with van der Waals surface area (Å²) in [4.78, 5) is 4.46. The molecule has 0 spiro atoms. The number of aryl methyl sites for hydroxylation is 2. The molecule has 0 saturated carbocycles. The van der Waals surface area contributed by atoms with Crippen molar-refractivity contribution >= 4 is 11.0 Å². The van der Waals surface area contributed by atoms with E-state index in [1.54, 1.807) is 6.26 Å². The average Bonchev–Trinajstić information content (AvgIpc) is 2.98. The molecule has 18 heavy (non-hydrogen) atoms. The zero-order chi connectivity index (χ0) is 13.1. The summed E-state index contributed by atoms with van der Waals surface area (Å²) in [5, 5.41) is 11.9. The Bertz CT molecular complexity index is 654. The van der Waals surface area contributed by atoms with E-state index in [0.717, 1.165) is 33.7 Å². The minimum Gasteiger partial charge on any atom is -0.364 e. The van der Waals surface area contributed by atoms with E-state index < -0.39 is 0 Å². The van der Waals surface area contributed by atoms with E-state index in [4.69, 9.17) is 4.52 Å². The van der Waals surface area contributed by atoms with Gasteiger partial charge in [0.2, 0.25) is 0 Å². The fraction of sp³-hybridized carbons (Fsp3) is 0.308. The normalized spacial score (nSPS) is 10.2. The van der Waals surface area contributed by atoms with E-state index in [-0.39, 0.29) is 0 Å². The summed E-state index contributed by atoms with van der Waals surface area (Å²) in [6, 6.07) is 3.95. The topological polar surface area (TPSA) is 67.6 Å². The van der Waals surface area contributed by atoms with Gasteiger partial charge >= 0.3 is 0 Å². The number of aromatic amines is 1. The second kappa shape index (κ2) is 5.00. The molecule has 0 aromatic carbocycles. The molecule has 5 heteroatoms. The Labute approximate surface area is 105 Å². The number of rotatable bonds is 1. The van der Waals surface area contributed by atoms with Gasteiger partial charge in [-0.25, -0.2) is 4.98 Å². The highest BCUT2D eigenvalue weighted by molar-refractivity contribution is 5.80. The molecular formula is C13H16N4O. The monoisotopic (exact) mass is 244 g/mol. The third-order valence-electron chi connectivity index (χ3n) is 2.63. The molecule has 0 bridgehead atoms. The highest BCUT2D eigenvalue weighted by atomic mass is 16.5. The van der Waals surface area contributed by atoms with Crippen LogP contribution in [0.3, 0.4) is 0 Å². The summed E-state index contributed by atoms with van der Waals surface area (Å²) < 4.78 is 4.90. The van der Waals surface area contributed by atoms with Gasteiger partial charge in [-0.3, -0.25) is 5.10 Å². The maximum atomic E-state index is 4.90. The zero-order valence-corrected chi connectivity index (χ0v) is 11.0. The Morgan fingerprint density at radius 1 is 1.17 bits per heavy atom. The van der Waals surface area contributed by atoms with Gasteiger partial charge < -0.3 is 4.52 Å². The maximum Gasteiger partial charge on any atom is 0.181 e.